The highest BCUT2D eigenvalue weighted by Crippen LogP contribution is 2.24. The number of amides is 1. The molecular weight excluding hydrogens is 246 g/mol. The molecule has 2 N–H and O–H groups in total. The molecule has 0 aliphatic carbocycles. The summed E-state index contributed by atoms with van der Waals surface area (Å²) >= 11 is 0. The molecule has 5 heteroatoms. The van der Waals surface area contributed by atoms with E-state index in [1.165, 1.54) is 6.92 Å². The molecule has 104 valence electrons. The SMILES string of the molecule is COc1c(C)cc(C)cc1CNC(=O)C(C)C(=O)O. The molecule has 1 rings (SSSR count). The first-order valence-electron chi connectivity index (χ1n) is 6.01. The average Bonchev–Trinajstić information content (AvgIpc) is 2.34. The number of nitrogens with one attached hydrogen (secondary N) is 1. The van der Waals surface area contributed by atoms with Crippen molar-refractivity contribution in [2.24, 2.45) is 5.92 Å². The van der Waals surface area contributed by atoms with Crippen LogP contribution in [0.5, 0.6) is 5.75 Å². The number of ether oxygens (including phenoxy) is 1. The number of hydrogen-bond donors (Lipinski definition) is 2. The lowest BCUT2D eigenvalue weighted by atomic mass is 10.0. The summed E-state index contributed by atoms with van der Waals surface area (Å²) in [6.45, 7) is 5.49. The number of aryl methyl sites for hydroxylation is 2. The van der Waals surface area contributed by atoms with Gasteiger partial charge in [-0.15, -0.1) is 0 Å². The Hall–Kier alpha value is -2.04. The highest BCUT2D eigenvalue weighted by Gasteiger charge is 2.20. The Balaban J connectivity index is 2.83. The van der Waals surface area contributed by atoms with E-state index >= 15 is 0 Å². The summed E-state index contributed by atoms with van der Waals surface area (Å²) < 4.78 is 5.30. The fourth-order valence-corrected chi connectivity index (χ4v) is 1.91. The van der Waals surface area contributed by atoms with Crippen molar-refractivity contribution in [2.75, 3.05) is 7.11 Å². The topological polar surface area (TPSA) is 75.6 Å². The summed E-state index contributed by atoms with van der Waals surface area (Å²) in [5.74, 6) is -1.98. The van der Waals surface area contributed by atoms with Crippen LogP contribution < -0.4 is 10.1 Å². The highest BCUT2D eigenvalue weighted by atomic mass is 16.5. The molecule has 0 aliphatic heterocycles. The first-order chi connectivity index (χ1) is 8.86. The van der Waals surface area contributed by atoms with Gasteiger partial charge in [-0.2, -0.15) is 0 Å². The van der Waals surface area contributed by atoms with Crippen LogP contribution in [0, 0.1) is 19.8 Å². The van der Waals surface area contributed by atoms with Gasteiger partial charge in [-0.3, -0.25) is 9.59 Å². The van der Waals surface area contributed by atoms with Crippen LogP contribution in [0.4, 0.5) is 0 Å². The monoisotopic (exact) mass is 265 g/mol. The lowest BCUT2D eigenvalue weighted by molar-refractivity contribution is -0.146. The molecule has 0 fully saturated rings. The van der Waals surface area contributed by atoms with Crippen molar-refractivity contribution in [3.05, 3.63) is 28.8 Å². The maximum absolute atomic E-state index is 11.6. The smallest absolute Gasteiger partial charge is 0.315 e. The molecule has 1 aromatic carbocycles. The number of aliphatic carboxylic acids is 1. The largest absolute Gasteiger partial charge is 0.496 e. The fraction of sp³-hybridized carbons (Fsp3) is 0.429. The Morgan fingerprint density at radius 3 is 2.53 bits per heavy atom. The van der Waals surface area contributed by atoms with Gasteiger partial charge < -0.3 is 15.2 Å². The third-order valence-corrected chi connectivity index (χ3v) is 2.92. The van der Waals surface area contributed by atoms with Crippen molar-refractivity contribution in [1.82, 2.24) is 5.32 Å². The zero-order valence-corrected chi connectivity index (χ0v) is 11.6. The maximum Gasteiger partial charge on any atom is 0.315 e. The lowest BCUT2D eigenvalue weighted by Gasteiger charge is -2.14. The quantitative estimate of drug-likeness (QED) is 0.794. The van der Waals surface area contributed by atoms with E-state index in [0.717, 1.165) is 16.7 Å². The van der Waals surface area contributed by atoms with E-state index in [-0.39, 0.29) is 6.54 Å². The van der Waals surface area contributed by atoms with Gasteiger partial charge in [0.2, 0.25) is 5.91 Å². The third-order valence-electron chi connectivity index (χ3n) is 2.92. The van der Waals surface area contributed by atoms with Crippen LogP contribution in [0.2, 0.25) is 0 Å². The minimum absolute atomic E-state index is 0.252. The molecule has 1 aromatic rings. The van der Waals surface area contributed by atoms with E-state index < -0.39 is 17.8 Å². The molecule has 1 atom stereocenters. The van der Waals surface area contributed by atoms with Crippen LogP contribution in [0.25, 0.3) is 0 Å². The van der Waals surface area contributed by atoms with E-state index in [1.807, 2.05) is 26.0 Å². The zero-order valence-electron chi connectivity index (χ0n) is 11.6. The number of carboxylic acid groups (broad SMARTS) is 1. The summed E-state index contributed by atoms with van der Waals surface area (Å²) in [5, 5.41) is 11.4. The molecule has 5 nitrogen and oxygen atoms in total. The molecular formula is C14H19NO4. The highest BCUT2D eigenvalue weighted by molar-refractivity contribution is 5.96. The average molecular weight is 265 g/mol. The molecule has 0 aromatic heterocycles. The molecule has 1 amide bonds. The fourth-order valence-electron chi connectivity index (χ4n) is 1.91. The van der Waals surface area contributed by atoms with E-state index in [0.29, 0.717) is 5.75 Å². The minimum atomic E-state index is -1.13. The molecule has 0 radical (unpaired) electrons. The van der Waals surface area contributed by atoms with E-state index in [9.17, 15) is 9.59 Å². The second-order valence-corrected chi connectivity index (χ2v) is 4.55. The van der Waals surface area contributed by atoms with Gasteiger partial charge in [-0.1, -0.05) is 17.7 Å². The van der Waals surface area contributed by atoms with Crippen molar-refractivity contribution >= 4 is 11.9 Å². The van der Waals surface area contributed by atoms with Crippen LogP contribution in [-0.2, 0) is 16.1 Å². The van der Waals surface area contributed by atoms with Crippen molar-refractivity contribution in [3.63, 3.8) is 0 Å². The van der Waals surface area contributed by atoms with E-state index in [1.54, 1.807) is 7.11 Å². The van der Waals surface area contributed by atoms with Crippen LogP contribution in [0.3, 0.4) is 0 Å². The van der Waals surface area contributed by atoms with Crippen molar-refractivity contribution in [3.8, 4) is 5.75 Å². The molecule has 0 aliphatic rings. The summed E-state index contributed by atoms with van der Waals surface area (Å²) in [6, 6.07) is 3.90. The first-order valence-corrected chi connectivity index (χ1v) is 6.01. The van der Waals surface area contributed by atoms with Crippen LogP contribution in [0.1, 0.15) is 23.6 Å². The number of carboxylic acids is 1. The van der Waals surface area contributed by atoms with Crippen LogP contribution in [-0.4, -0.2) is 24.1 Å². The number of benzene rings is 1. The molecule has 0 saturated carbocycles. The lowest BCUT2D eigenvalue weighted by Crippen LogP contribution is -2.33. The van der Waals surface area contributed by atoms with Crippen LogP contribution in [0.15, 0.2) is 12.1 Å². The molecule has 0 spiro atoms. The van der Waals surface area contributed by atoms with Gasteiger partial charge in [0, 0.05) is 12.1 Å². The van der Waals surface area contributed by atoms with E-state index in [4.69, 9.17) is 9.84 Å². The van der Waals surface area contributed by atoms with Gasteiger partial charge in [0.05, 0.1) is 7.11 Å². The predicted molar refractivity (Wildman–Crippen MR) is 71.1 cm³/mol. The first kappa shape index (κ1) is 15.0. The normalized spacial score (nSPS) is 11.8. The van der Waals surface area contributed by atoms with Gasteiger partial charge in [-0.05, 0) is 26.3 Å². The van der Waals surface area contributed by atoms with Crippen molar-refractivity contribution in [2.45, 2.75) is 27.3 Å². The molecule has 0 heterocycles. The Morgan fingerprint density at radius 2 is 2.00 bits per heavy atom. The maximum atomic E-state index is 11.6. The number of rotatable bonds is 5. The molecule has 19 heavy (non-hydrogen) atoms. The standard InChI is InChI=1S/C14H19NO4/c1-8-5-9(2)12(19-4)11(6-8)7-15-13(16)10(3)14(17)18/h5-6,10H,7H2,1-4H3,(H,15,16)(H,17,18). The van der Waals surface area contributed by atoms with Crippen LogP contribution >= 0.6 is 0 Å². The summed E-state index contributed by atoms with van der Waals surface area (Å²) in [6.07, 6.45) is 0. The number of hydrogen-bond acceptors (Lipinski definition) is 3. The molecule has 0 bridgehead atoms. The number of carbonyl (C=O) groups excluding carboxylic acids is 1. The Bertz CT molecular complexity index is 496. The summed E-state index contributed by atoms with van der Waals surface area (Å²) in [7, 11) is 1.57. The van der Waals surface area contributed by atoms with Crippen molar-refractivity contribution in [1.29, 1.82) is 0 Å². The number of carbonyl (C=O) groups is 2. The van der Waals surface area contributed by atoms with Gasteiger partial charge in [0.15, 0.2) is 0 Å². The zero-order chi connectivity index (χ0) is 14.6. The Morgan fingerprint density at radius 1 is 1.37 bits per heavy atom. The van der Waals surface area contributed by atoms with Gasteiger partial charge >= 0.3 is 5.97 Å². The summed E-state index contributed by atoms with van der Waals surface area (Å²) in [5.41, 5.74) is 2.89. The predicted octanol–water partition coefficient (Wildman–Crippen LogP) is 1.65. The Labute approximate surface area is 112 Å². The second kappa shape index (κ2) is 6.22. The van der Waals surface area contributed by atoms with Crippen molar-refractivity contribution < 1.29 is 19.4 Å². The van der Waals surface area contributed by atoms with Gasteiger partial charge in [0.25, 0.3) is 0 Å². The van der Waals surface area contributed by atoms with Gasteiger partial charge in [0.1, 0.15) is 11.7 Å². The molecule has 1 unspecified atom stereocenters. The summed E-state index contributed by atoms with van der Waals surface area (Å²) in [4.78, 5) is 22.3. The number of methoxy groups -OCH3 is 1. The Kier molecular flexibility index (Phi) is 4.92. The minimum Gasteiger partial charge on any atom is -0.496 e. The van der Waals surface area contributed by atoms with E-state index in [2.05, 4.69) is 5.32 Å². The third kappa shape index (κ3) is 3.71. The molecule has 0 saturated heterocycles. The second-order valence-electron chi connectivity index (χ2n) is 4.55. The van der Waals surface area contributed by atoms with Gasteiger partial charge in [-0.25, -0.2) is 0 Å².